The second-order valence-corrected chi connectivity index (χ2v) is 8.06. The number of hydrogen-bond donors (Lipinski definition) is 0. The molecule has 0 amide bonds. The van der Waals surface area contributed by atoms with Crippen molar-refractivity contribution < 1.29 is 13.9 Å². The predicted octanol–water partition coefficient (Wildman–Crippen LogP) is 4.53. The van der Waals surface area contributed by atoms with E-state index in [1.165, 1.54) is 18.4 Å². The maximum Gasteiger partial charge on any atom is 0.334 e. The highest BCUT2D eigenvalue weighted by atomic mass is 16.5. The minimum atomic E-state index is -0.0542. The van der Waals surface area contributed by atoms with Crippen molar-refractivity contribution in [1.29, 1.82) is 0 Å². The molecule has 1 spiro atoms. The number of cyclic esters (lactones) is 1. The minimum absolute atomic E-state index is 0.00695. The normalized spacial score (nSPS) is 39.4. The van der Waals surface area contributed by atoms with E-state index in [2.05, 4.69) is 26.0 Å². The van der Waals surface area contributed by atoms with Gasteiger partial charge in [-0.15, -0.1) is 0 Å². The summed E-state index contributed by atoms with van der Waals surface area (Å²) < 4.78 is 10.7. The van der Waals surface area contributed by atoms with Gasteiger partial charge in [0.25, 0.3) is 0 Å². The van der Waals surface area contributed by atoms with Crippen molar-refractivity contribution in [2.75, 3.05) is 6.61 Å². The first kappa shape index (κ1) is 15.0. The summed E-state index contributed by atoms with van der Waals surface area (Å²) in [6.07, 6.45) is 12.5. The zero-order valence-corrected chi connectivity index (χ0v) is 14.1. The third kappa shape index (κ3) is 2.12. The molecule has 4 rings (SSSR count). The van der Waals surface area contributed by atoms with Crippen LogP contribution in [0.2, 0.25) is 0 Å². The molecule has 3 aliphatic rings. The molecule has 23 heavy (non-hydrogen) atoms. The maximum atomic E-state index is 12.2. The third-order valence-electron chi connectivity index (χ3n) is 7.17. The molecule has 1 saturated carbocycles. The highest BCUT2D eigenvalue weighted by Gasteiger charge is 2.60. The number of furan rings is 1. The van der Waals surface area contributed by atoms with Crippen LogP contribution >= 0.6 is 0 Å². The molecule has 0 N–H and O–H groups in total. The number of ether oxygens (including phenoxy) is 1. The van der Waals surface area contributed by atoms with Gasteiger partial charge in [-0.25, -0.2) is 4.79 Å². The van der Waals surface area contributed by atoms with Gasteiger partial charge in [0, 0.05) is 11.0 Å². The number of carbonyl (C=O) groups is 1. The van der Waals surface area contributed by atoms with Gasteiger partial charge in [0.15, 0.2) is 0 Å². The molecule has 0 bridgehead atoms. The highest BCUT2D eigenvalue weighted by Crippen LogP contribution is 2.63. The second-order valence-electron chi connectivity index (χ2n) is 8.06. The molecule has 2 fully saturated rings. The smallest absolute Gasteiger partial charge is 0.334 e. The van der Waals surface area contributed by atoms with Gasteiger partial charge in [-0.05, 0) is 67.4 Å². The first-order valence-corrected chi connectivity index (χ1v) is 8.95. The van der Waals surface area contributed by atoms with Crippen molar-refractivity contribution in [2.45, 2.75) is 52.4 Å². The zero-order chi connectivity index (χ0) is 16.1. The van der Waals surface area contributed by atoms with E-state index in [0.717, 1.165) is 31.3 Å². The minimum Gasteiger partial charge on any atom is -0.472 e. The van der Waals surface area contributed by atoms with Crippen molar-refractivity contribution in [3.63, 3.8) is 0 Å². The van der Waals surface area contributed by atoms with Gasteiger partial charge >= 0.3 is 5.97 Å². The van der Waals surface area contributed by atoms with Gasteiger partial charge in [0.2, 0.25) is 0 Å². The Labute approximate surface area is 138 Å². The Hall–Kier alpha value is -1.51. The third-order valence-corrected chi connectivity index (χ3v) is 7.17. The SMILES string of the molecule is C[C@@H]1CC[C@@]23COC(=O)C2=CCC[C@H]3[C@@]1(C)CCc1ccoc1. The van der Waals surface area contributed by atoms with Crippen LogP contribution in [0, 0.1) is 22.7 Å². The van der Waals surface area contributed by atoms with Crippen molar-refractivity contribution in [2.24, 2.45) is 22.7 Å². The lowest BCUT2D eigenvalue weighted by Crippen LogP contribution is -2.51. The monoisotopic (exact) mass is 314 g/mol. The topological polar surface area (TPSA) is 39.4 Å². The Morgan fingerprint density at radius 1 is 1.35 bits per heavy atom. The number of carbonyl (C=O) groups excluding carboxylic acids is 1. The lowest BCUT2D eigenvalue weighted by molar-refractivity contribution is -0.135. The van der Waals surface area contributed by atoms with Crippen LogP contribution in [0.4, 0.5) is 0 Å². The van der Waals surface area contributed by atoms with Crippen LogP contribution in [0.3, 0.4) is 0 Å². The van der Waals surface area contributed by atoms with Gasteiger partial charge < -0.3 is 9.15 Å². The van der Waals surface area contributed by atoms with Gasteiger partial charge in [-0.2, -0.15) is 0 Å². The molecule has 3 heteroatoms. The molecule has 1 aromatic heterocycles. The second kappa shape index (κ2) is 5.25. The van der Waals surface area contributed by atoms with Crippen LogP contribution in [0.25, 0.3) is 0 Å². The van der Waals surface area contributed by atoms with Gasteiger partial charge in [-0.3, -0.25) is 0 Å². The molecular weight excluding hydrogens is 288 g/mol. The Morgan fingerprint density at radius 2 is 2.22 bits per heavy atom. The molecule has 2 heterocycles. The average Bonchev–Trinajstić information content (AvgIpc) is 3.18. The first-order chi connectivity index (χ1) is 11.1. The maximum absolute atomic E-state index is 12.2. The summed E-state index contributed by atoms with van der Waals surface area (Å²) in [4.78, 5) is 12.2. The van der Waals surface area contributed by atoms with E-state index in [1.54, 1.807) is 6.26 Å². The summed E-state index contributed by atoms with van der Waals surface area (Å²) in [5.41, 5.74) is 2.52. The fourth-order valence-electron chi connectivity index (χ4n) is 5.56. The van der Waals surface area contributed by atoms with Crippen molar-refractivity contribution in [3.8, 4) is 0 Å². The number of rotatable bonds is 3. The summed E-state index contributed by atoms with van der Waals surface area (Å²) in [5, 5.41) is 0. The lowest BCUT2D eigenvalue weighted by atomic mass is 9.47. The van der Waals surface area contributed by atoms with Crippen LogP contribution < -0.4 is 0 Å². The molecule has 124 valence electrons. The van der Waals surface area contributed by atoms with Crippen LogP contribution in [-0.4, -0.2) is 12.6 Å². The molecule has 0 radical (unpaired) electrons. The summed E-state index contributed by atoms with van der Waals surface area (Å²) in [5.74, 6) is 1.18. The number of allylic oxidation sites excluding steroid dienone is 1. The van der Waals surface area contributed by atoms with Crippen molar-refractivity contribution in [3.05, 3.63) is 35.8 Å². The molecule has 1 aromatic rings. The highest BCUT2D eigenvalue weighted by molar-refractivity contribution is 5.92. The fourth-order valence-corrected chi connectivity index (χ4v) is 5.56. The van der Waals surface area contributed by atoms with Gasteiger partial charge in [0.1, 0.15) is 6.61 Å². The average molecular weight is 314 g/mol. The Bertz CT molecular complexity index is 629. The van der Waals surface area contributed by atoms with E-state index in [9.17, 15) is 4.79 Å². The van der Waals surface area contributed by atoms with Crippen LogP contribution in [0.15, 0.2) is 34.7 Å². The van der Waals surface area contributed by atoms with E-state index in [1.807, 2.05) is 6.26 Å². The molecule has 4 atom stereocenters. The Kier molecular flexibility index (Phi) is 3.44. The van der Waals surface area contributed by atoms with Crippen molar-refractivity contribution >= 4 is 5.97 Å². The van der Waals surface area contributed by atoms with E-state index in [0.29, 0.717) is 18.4 Å². The summed E-state index contributed by atoms with van der Waals surface area (Å²) in [7, 11) is 0. The quantitative estimate of drug-likeness (QED) is 0.770. The van der Waals surface area contributed by atoms with Gasteiger partial charge in [-0.1, -0.05) is 19.9 Å². The van der Waals surface area contributed by atoms with Gasteiger partial charge in [0.05, 0.1) is 12.5 Å². The molecule has 3 nitrogen and oxygen atoms in total. The van der Waals surface area contributed by atoms with E-state index in [-0.39, 0.29) is 16.8 Å². The standard InChI is InChI=1S/C20H26O3/c1-14-6-10-20-13-23-18(21)16(20)4-3-5-17(20)19(14,2)9-7-15-8-11-22-12-15/h4,8,11-12,14,17H,3,5-7,9-10,13H2,1-2H3/t14-,17+,19+,20-/m1/s1. The molecule has 1 aliphatic heterocycles. The Balaban J connectivity index is 1.65. The number of esters is 1. The zero-order valence-electron chi connectivity index (χ0n) is 14.1. The lowest BCUT2D eigenvalue weighted by Gasteiger charge is -2.56. The predicted molar refractivity (Wildman–Crippen MR) is 87.7 cm³/mol. The largest absolute Gasteiger partial charge is 0.472 e. The molecular formula is C20H26O3. The Morgan fingerprint density at radius 3 is 3.00 bits per heavy atom. The number of aryl methyl sites for hydroxylation is 1. The first-order valence-electron chi connectivity index (χ1n) is 8.95. The van der Waals surface area contributed by atoms with E-state index in [4.69, 9.17) is 9.15 Å². The summed E-state index contributed by atoms with van der Waals surface area (Å²) in [6, 6.07) is 2.07. The van der Waals surface area contributed by atoms with Crippen LogP contribution in [0.5, 0.6) is 0 Å². The summed E-state index contributed by atoms with van der Waals surface area (Å²) >= 11 is 0. The van der Waals surface area contributed by atoms with Crippen LogP contribution in [0.1, 0.15) is 51.5 Å². The number of hydrogen-bond acceptors (Lipinski definition) is 3. The fraction of sp³-hybridized carbons (Fsp3) is 0.650. The summed E-state index contributed by atoms with van der Waals surface area (Å²) in [6.45, 7) is 5.46. The molecule has 2 aliphatic carbocycles. The van der Waals surface area contributed by atoms with E-state index < -0.39 is 0 Å². The molecule has 0 aromatic carbocycles. The van der Waals surface area contributed by atoms with Crippen molar-refractivity contribution in [1.82, 2.24) is 0 Å². The van der Waals surface area contributed by atoms with E-state index >= 15 is 0 Å². The van der Waals surface area contributed by atoms with Crippen LogP contribution in [-0.2, 0) is 16.0 Å². The molecule has 1 saturated heterocycles. The molecule has 0 unspecified atom stereocenters.